The van der Waals surface area contributed by atoms with E-state index in [1.807, 2.05) is 54.6 Å². The summed E-state index contributed by atoms with van der Waals surface area (Å²) in [6, 6.07) is 20.5. The number of anilines is 1. The van der Waals surface area contributed by atoms with Crippen molar-refractivity contribution in [3.63, 3.8) is 0 Å². The smallest absolute Gasteiger partial charge is 0.311 e. The van der Waals surface area contributed by atoms with E-state index in [1.165, 1.54) is 10.8 Å². The maximum Gasteiger partial charge on any atom is 0.332 e. The van der Waals surface area contributed by atoms with Crippen molar-refractivity contribution < 1.29 is 4.79 Å². The molecule has 1 aliphatic rings. The number of benzene rings is 2. The molecule has 0 N–H and O–H groups in total. The molecule has 0 bridgehead atoms. The van der Waals surface area contributed by atoms with E-state index in [2.05, 4.69) is 4.98 Å². The maximum atomic E-state index is 13.4. The molecule has 4 aromatic rings. The SMILES string of the molecule is O=C(Cn1c(=O)n(Cc2ccccc2)c(=O)c2ncccc21)N1CCCc2ccccc21. The largest absolute Gasteiger partial charge is 0.332 e. The van der Waals surface area contributed by atoms with Crippen molar-refractivity contribution in [3.8, 4) is 0 Å². The molecular weight excluding hydrogens is 404 g/mol. The van der Waals surface area contributed by atoms with E-state index < -0.39 is 11.2 Å². The summed E-state index contributed by atoms with van der Waals surface area (Å²) in [5, 5.41) is 0. The molecule has 0 unspecified atom stereocenters. The molecule has 0 aliphatic carbocycles. The molecule has 1 amide bonds. The third kappa shape index (κ3) is 3.51. The van der Waals surface area contributed by atoms with Crippen LogP contribution in [-0.2, 0) is 24.3 Å². The molecule has 0 atom stereocenters. The first-order valence-electron chi connectivity index (χ1n) is 10.6. The zero-order valence-electron chi connectivity index (χ0n) is 17.5. The highest BCUT2D eigenvalue weighted by Gasteiger charge is 2.24. The van der Waals surface area contributed by atoms with Gasteiger partial charge in [0.1, 0.15) is 6.54 Å². The molecule has 7 nitrogen and oxygen atoms in total. The van der Waals surface area contributed by atoms with Crippen LogP contribution >= 0.6 is 0 Å². The molecule has 2 aromatic heterocycles. The standard InChI is InChI=1S/C25H22N4O3/c30-22(27-15-7-11-19-10-4-5-12-20(19)27)17-28-21-13-6-14-26-23(21)24(31)29(25(28)32)16-18-8-2-1-3-9-18/h1-6,8-10,12-14H,7,11,15-17H2. The lowest BCUT2D eigenvalue weighted by atomic mass is 10.0. The number of aromatic nitrogens is 3. The first kappa shape index (κ1) is 19.9. The number of pyridine rings is 1. The molecular formula is C25H22N4O3. The molecule has 3 heterocycles. The average Bonchev–Trinajstić information content (AvgIpc) is 2.84. The van der Waals surface area contributed by atoms with Gasteiger partial charge in [-0.25, -0.2) is 9.78 Å². The summed E-state index contributed by atoms with van der Waals surface area (Å²) in [5.74, 6) is -0.186. The molecule has 0 radical (unpaired) electrons. The summed E-state index contributed by atoms with van der Waals surface area (Å²) >= 11 is 0. The van der Waals surface area contributed by atoms with Crippen molar-refractivity contribution in [1.82, 2.24) is 14.1 Å². The van der Waals surface area contributed by atoms with E-state index in [0.717, 1.165) is 34.2 Å². The van der Waals surface area contributed by atoms with Crippen molar-refractivity contribution in [3.05, 3.63) is 105 Å². The summed E-state index contributed by atoms with van der Waals surface area (Å²) in [4.78, 5) is 45.7. The van der Waals surface area contributed by atoms with Gasteiger partial charge in [-0.15, -0.1) is 0 Å². The first-order chi connectivity index (χ1) is 15.6. The molecule has 7 heteroatoms. The second-order valence-electron chi connectivity index (χ2n) is 7.89. The summed E-state index contributed by atoms with van der Waals surface area (Å²) in [6.07, 6.45) is 3.32. The number of hydrogen-bond donors (Lipinski definition) is 0. The number of carbonyl (C=O) groups is 1. The highest BCUT2D eigenvalue weighted by atomic mass is 16.2. The number of nitrogens with zero attached hydrogens (tertiary/aromatic N) is 4. The van der Waals surface area contributed by atoms with Crippen molar-refractivity contribution in [2.45, 2.75) is 25.9 Å². The van der Waals surface area contributed by atoms with Crippen LogP contribution in [0.4, 0.5) is 5.69 Å². The lowest BCUT2D eigenvalue weighted by Crippen LogP contribution is -2.44. The van der Waals surface area contributed by atoms with E-state index in [4.69, 9.17) is 0 Å². The lowest BCUT2D eigenvalue weighted by molar-refractivity contribution is -0.119. The van der Waals surface area contributed by atoms with Gasteiger partial charge in [-0.1, -0.05) is 48.5 Å². The van der Waals surface area contributed by atoms with Gasteiger partial charge in [-0.2, -0.15) is 0 Å². The van der Waals surface area contributed by atoms with Gasteiger partial charge in [0.2, 0.25) is 5.91 Å². The van der Waals surface area contributed by atoms with Crippen molar-refractivity contribution in [1.29, 1.82) is 0 Å². The van der Waals surface area contributed by atoms with Gasteiger partial charge in [-0.3, -0.25) is 18.7 Å². The number of carbonyl (C=O) groups excluding carboxylic acids is 1. The van der Waals surface area contributed by atoms with Crippen LogP contribution in [-0.4, -0.2) is 26.6 Å². The number of fused-ring (bicyclic) bond motifs is 2. The summed E-state index contributed by atoms with van der Waals surface area (Å²) in [5.41, 5.74) is 2.40. The number of aryl methyl sites for hydroxylation is 1. The van der Waals surface area contributed by atoms with Crippen LogP contribution in [0.15, 0.2) is 82.5 Å². The van der Waals surface area contributed by atoms with E-state index in [1.54, 1.807) is 17.0 Å². The molecule has 0 spiro atoms. The van der Waals surface area contributed by atoms with Crippen molar-refractivity contribution in [2.75, 3.05) is 11.4 Å². The Hall–Kier alpha value is -4.00. The summed E-state index contributed by atoms with van der Waals surface area (Å²) in [6.45, 7) is 0.556. The normalized spacial score (nSPS) is 13.2. The lowest BCUT2D eigenvalue weighted by Gasteiger charge is -2.29. The highest BCUT2D eigenvalue weighted by Crippen LogP contribution is 2.27. The first-order valence-corrected chi connectivity index (χ1v) is 10.6. The molecule has 32 heavy (non-hydrogen) atoms. The Labute approximate surface area is 184 Å². The number of amides is 1. The Balaban J connectivity index is 1.59. The van der Waals surface area contributed by atoms with Crippen molar-refractivity contribution >= 4 is 22.6 Å². The van der Waals surface area contributed by atoms with Crippen LogP contribution in [0.5, 0.6) is 0 Å². The van der Waals surface area contributed by atoms with Crippen LogP contribution in [0.3, 0.4) is 0 Å². The third-order valence-electron chi connectivity index (χ3n) is 5.87. The predicted octanol–water partition coefficient (Wildman–Crippen LogP) is 2.59. The Morgan fingerprint density at radius 3 is 2.53 bits per heavy atom. The third-order valence-corrected chi connectivity index (χ3v) is 5.87. The van der Waals surface area contributed by atoms with Crippen LogP contribution in [0.25, 0.3) is 11.0 Å². The van der Waals surface area contributed by atoms with Crippen LogP contribution < -0.4 is 16.1 Å². The molecule has 0 saturated carbocycles. The Morgan fingerprint density at radius 2 is 1.69 bits per heavy atom. The summed E-state index contributed by atoms with van der Waals surface area (Å²) in [7, 11) is 0. The fraction of sp³-hybridized carbons (Fsp3) is 0.200. The molecule has 5 rings (SSSR count). The van der Waals surface area contributed by atoms with Crippen molar-refractivity contribution in [2.24, 2.45) is 0 Å². The molecule has 2 aromatic carbocycles. The van der Waals surface area contributed by atoms with E-state index in [0.29, 0.717) is 12.1 Å². The average molecular weight is 426 g/mol. The van der Waals surface area contributed by atoms with Gasteiger partial charge in [0.25, 0.3) is 5.56 Å². The van der Waals surface area contributed by atoms with Crippen LogP contribution in [0.1, 0.15) is 17.5 Å². The molecule has 0 fully saturated rings. The summed E-state index contributed by atoms with van der Waals surface area (Å²) < 4.78 is 2.52. The zero-order valence-corrected chi connectivity index (χ0v) is 17.5. The van der Waals surface area contributed by atoms with Crippen LogP contribution in [0.2, 0.25) is 0 Å². The minimum atomic E-state index is -0.516. The second-order valence-corrected chi connectivity index (χ2v) is 7.89. The van der Waals surface area contributed by atoms with Gasteiger partial charge < -0.3 is 4.90 Å². The minimum absolute atomic E-state index is 0.117. The number of para-hydroxylation sites is 1. The van der Waals surface area contributed by atoms with Gasteiger partial charge in [0.05, 0.1) is 12.1 Å². The monoisotopic (exact) mass is 426 g/mol. The molecule has 0 saturated heterocycles. The van der Waals surface area contributed by atoms with Gasteiger partial charge in [-0.05, 0) is 42.2 Å². The fourth-order valence-corrected chi connectivity index (χ4v) is 4.31. The van der Waals surface area contributed by atoms with Crippen LogP contribution in [0, 0.1) is 0 Å². The zero-order chi connectivity index (χ0) is 22.1. The number of rotatable bonds is 4. The fourth-order valence-electron chi connectivity index (χ4n) is 4.31. The quantitative estimate of drug-likeness (QED) is 0.503. The second kappa shape index (κ2) is 8.26. The Kier molecular flexibility index (Phi) is 5.15. The number of hydrogen-bond acceptors (Lipinski definition) is 4. The molecule has 1 aliphatic heterocycles. The van der Waals surface area contributed by atoms with E-state index in [-0.39, 0.29) is 24.5 Å². The minimum Gasteiger partial charge on any atom is -0.311 e. The highest BCUT2D eigenvalue weighted by molar-refractivity contribution is 5.95. The predicted molar refractivity (Wildman–Crippen MR) is 123 cm³/mol. The van der Waals surface area contributed by atoms with E-state index in [9.17, 15) is 14.4 Å². The van der Waals surface area contributed by atoms with Gasteiger partial charge in [0.15, 0.2) is 5.52 Å². The van der Waals surface area contributed by atoms with E-state index >= 15 is 0 Å². The van der Waals surface area contributed by atoms with Gasteiger partial charge in [0, 0.05) is 18.4 Å². The maximum absolute atomic E-state index is 13.4. The Morgan fingerprint density at radius 1 is 0.906 bits per heavy atom. The topological polar surface area (TPSA) is 77.2 Å². The Bertz CT molecular complexity index is 1420. The molecule has 160 valence electrons. The van der Waals surface area contributed by atoms with Gasteiger partial charge >= 0.3 is 5.69 Å².